The monoisotopic (exact) mass is 178 g/mol. The van der Waals surface area contributed by atoms with Gasteiger partial charge in [0, 0.05) is 17.6 Å². The highest BCUT2D eigenvalue weighted by atomic mass is 14.9. The molecule has 0 unspecified atom stereocenters. The molecule has 2 nitrogen and oxygen atoms in total. The summed E-state index contributed by atoms with van der Waals surface area (Å²) in [6.45, 7) is 9.76. The molecule has 0 aromatic carbocycles. The fourth-order valence-corrected chi connectivity index (χ4v) is 0.990. The second-order valence-corrected chi connectivity index (χ2v) is 2.81. The Kier molecular flexibility index (Phi) is 5.60. The van der Waals surface area contributed by atoms with Gasteiger partial charge in [0.25, 0.3) is 0 Å². The molecule has 0 aliphatic carbocycles. The highest BCUT2D eigenvalue weighted by Crippen LogP contribution is 2.05. The Hall–Kier alpha value is -1.31. The minimum absolute atomic E-state index is 0.862. The number of hydrogen-bond acceptors (Lipinski definition) is 2. The fraction of sp³-hybridized carbons (Fsp3) is 0.364. The Morgan fingerprint density at radius 3 is 2.54 bits per heavy atom. The smallest absolute Gasteiger partial charge is 0.0305 e. The molecule has 0 radical (unpaired) electrons. The van der Waals surface area contributed by atoms with Crippen molar-refractivity contribution in [3.8, 4) is 0 Å². The van der Waals surface area contributed by atoms with Crippen molar-refractivity contribution in [2.45, 2.75) is 27.2 Å². The van der Waals surface area contributed by atoms with Crippen molar-refractivity contribution in [1.82, 2.24) is 5.32 Å². The van der Waals surface area contributed by atoms with Gasteiger partial charge in [0.15, 0.2) is 0 Å². The zero-order valence-corrected chi connectivity index (χ0v) is 8.65. The Labute approximate surface area is 80.6 Å². The van der Waals surface area contributed by atoms with E-state index in [1.165, 1.54) is 6.21 Å². The van der Waals surface area contributed by atoms with E-state index in [-0.39, 0.29) is 0 Å². The molecule has 0 bridgehead atoms. The SMILES string of the molecule is C=C(/C=C\C)N/C(CC)=C(\C)C=N. The van der Waals surface area contributed by atoms with Crippen molar-refractivity contribution in [3.63, 3.8) is 0 Å². The second-order valence-electron chi connectivity index (χ2n) is 2.81. The van der Waals surface area contributed by atoms with Gasteiger partial charge in [0.1, 0.15) is 0 Å². The third-order valence-electron chi connectivity index (χ3n) is 1.73. The fourth-order valence-electron chi connectivity index (χ4n) is 0.990. The first kappa shape index (κ1) is 11.7. The van der Waals surface area contributed by atoms with Crippen LogP contribution in [0.25, 0.3) is 0 Å². The molecule has 72 valence electrons. The van der Waals surface area contributed by atoms with Crippen LogP contribution in [0.3, 0.4) is 0 Å². The number of hydrogen-bond donors (Lipinski definition) is 2. The molecule has 0 saturated carbocycles. The topological polar surface area (TPSA) is 35.9 Å². The maximum absolute atomic E-state index is 7.12. The van der Waals surface area contributed by atoms with E-state index in [0.29, 0.717) is 0 Å². The van der Waals surface area contributed by atoms with Gasteiger partial charge in [-0.15, -0.1) is 0 Å². The number of rotatable bonds is 5. The summed E-state index contributed by atoms with van der Waals surface area (Å²) in [7, 11) is 0. The Bertz CT molecular complexity index is 247. The lowest BCUT2D eigenvalue weighted by atomic mass is 10.2. The van der Waals surface area contributed by atoms with Crippen LogP contribution in [-0.4, -0.2) is 6.21 Å². The molecule has 2 heteroatoms. The molecule has 0 atom stereocenters. The second kappa shape index (κ2) is 6.23. The van der Waals surface area contributed by atoms with Gasteiger partial charge < -0.3 is 10.7 Å². The summed E-state index contributed by atoms with van der Waals surface area (Å²) in [6.07, 6.45) is 6.09. The molecule has 2 N–H and O–H groups in total. The highest BCUT2D eigenvalue weighted by molar-refractivity contribution is 5.75. The lowest BCUT2D eigenvalue weighted by Crippen LogP contribution is -2.12. The Balaban J connectivity index is 4.47. The maximum atomic E-state index is 7.12. The van der Waals surface area contributed by atoms with Crippen LogP contribution < -0.4 is 5.32 Å². The summed E-state index contributed by atoms with van der Waals surface area (Å²) in [6, 6.07) is 0. The largest absolute Gasteiger partial charge is 0.359 e. The van der Waals surface area contributed by atoms with Crippen LogP contribution in [0.4, 0.5) is 0 Å². The van der Waals surface area contributed by atoms with E-state index in [9.17, 15) is 0 Å². The minimum Gasteiger partial charge on any atom is -0.359 e. The van der Waals surface area contributed by atoms with Gasteiger partial charge in [0.2, 0.25) is 0 Å². The molecule has 0 amide bonds. The average Bonchev–Trinajstić information content (AvgIpc) is 2.13. The summed E-state index contributed by atoms with van der Waals surface area (Å²) >= 11 is 0. The van der Waals surface area contributed by atoms with Crippen LogP contribution in [0, 0.1) is 5.41 Å². The van der Waals surface area contributed by atoms with Crippen molar-refractivity contribution < 1.29 is 0 Å². The number of nitrogens with one attached hydrogen (secondary N) is 2. The molecule has 0 aromatic rings. The van der Waals surface area contributed by atoms with Crippen molar-refractivity contribution in [1.29, 1.82) is 5.41 Å². The third-order valence-corrected chi connectivity index (χ3v) is 1.73. The van der Waals surface area contributed by atoms with E-state index in [4.69, 9.17) is 5.41 Å². The van der Waals surface area contributed by atoms with Crippen LogP contribution in [0.15, 0.2) is 35.7 Å². The van der Waals surface area contributed by atoms with Crippen molar-refractivity contribution in [2.24, 2.45) is 0 Å². The van der Waals surface area contributed by atoms with Crippen LogP contribution in [0.2, 0.25) is 0 Å². The third kappa shape index (κ3) is 4.31. The molecule has 0 aliphatic heterocycles. The first-order chi connectivity index (χ1) is 6.15. The van der Waals surface area contributed by atoms with E-state index >= 15 is 0 Å². The average molecular weight is 178 g/mol. The first-order valence-electron chi connectivity index (χ1n) is 4.44. The Morgan fingerprint density at radius 2 is 2.15 bits per heavy atom. The minimum atomic E-state index is 0.862. The van der Waals surface area contributed by atoms with Crippen LogP contribution in [-0.2, 0) is 0 Å². The van der Waals surface area contributed by atoms with Gasteiger partial charge in [-0.3, -0.25) is 0 Å². The molecule has 0 saturated heterocycles. The van der Waals surface area contributed by atoms with Gasteiger partial charge in [-0.2, -0.15) is 0 Å². The zero-order chi connectivity index (χ0) is 10.3. The van der Waals surface area contributed by atoms with Gasteiger partial charge in [-0.05, 0) is 31.9 Å². The molecule has 0 rings (SSSR count). The van der Waals surface area contributed by atoms with E-state index in [0.717, 1.165) is 23.4 Å². The summed E-state index contributed by atoms with van der Waals surface area (Å²) < 4.78 is 0. The van der Waals surface area contributed by atoms with Crippen LogP contribution in [0.1, 0.15) is 27.2 Å². The Morgan fingerprint density at radius 1 is 1.54 bits per heavy atom. The normalized spacial score (nSPS) is 12.5. The summed E-state index contributed by atoms with van der Waals surface area (Å²) in [4.78, 5) is 0. The van der Waals surface area contributed by atoms with Crippen LogP contribution in [0.5, 0.6) is 0 Å². The first-order valence-corrected chi connectivity index (χ1v) is 4.44. The number of allylic oxidation sites excluding steroid dienone is 4. The molecule has 0 heterocycles. The lowest BCUT2D eigenvalue weighted by Gasteiger charge is -2.10. The highest BCUT2D eigenvalue weighted by Gasteiger charge is 1.97. The lowest BCUT2D eigenvalue weighted by molar-refractivity contribution is 0.902. The van der Waals surface area contributed by atoms with E-state index in [2.05, 4.69) is 18.8 Å². The molecular formula is C11H18N2. The summed E-state index contributed by atoms with van der Waals surface area (Å²) in [5.41, 5.74) is 2.87. The van der Waals surface area contributed by atoms with E-state index < -0.39 is 0 Å². The zero-order valence-electron chi connectivity index (χ0n) is 8.65. The molecule has 13 heavy (non-hydrogen) atoms. The van der Waals surface area contributed by atoms with Crippen molar-refractivity contribution in [2.75, 3.05) is 0 Å². The maximum Gasteiger partial charge on any atom is 0.0305 e. The predicted molar refractivity (Wildman–Crippen MR) is 58.9 cm³/mol. The van der Waals surface area contributed by atoms with Gasteiger partial charge in [-0.1, -0.05) is 19.6 Å². The summed E-state index contributed by atoms with van der Waals surface area (Å²) in [5.74, 6) is 0. The quantitative estimate of drug-likeness (QED) is 0.492. The van der Waals surface area contributed by atoms with Gasteiger partial charge in [0.05, 0.1) is 0 Å². The molecule has 0 aromatic heterocycles. The molecule has 0 aliphatic rings. The predicted octanol–water partition coefficient (Wildman–Crippen LogP) is 3.00. The van der Waals surface area contributed by atoms with Crippen molar-refractivity contribution >= 4 is 6.21 Å². The summed E-state index contributed by atoms with van der Waals surface area (Å²) in [5, 5.41) is 10.3. The van der Waals surface area contributed by atoms with Gasteiger partial charge in [-0.25, -0.2) is 0 Å². The van der Waals surface area contributed by atoms with Crippen LogP contribution >= 0.6 is 0 Å². The molecule has 0 fully saturated rings. The van der Waals surface area contributed by atoms with Crippen molar-refractivity contribution in [3.05, 3.63) is 35.7 Å². The molecule has 0 spiro atoms. The molecular weight excluding hydrogens is 160 g/mol. The van der Waals surface area contributed by atoms with E-state index in [1.807, 2.05) is 26.0 Å². The van der Waals surface area contributed by atoms with Gasteiger partial charge >= 0.3 is 0 Å². The van der Waals surface area contributed by atoms with E-state index in [1.54, 1.807) is 0 Å². The standard InChI is InChI=1S/C11H18N2/c1-5-7-10(4)13-11(6-2)9(3)8-12/h5,7-8,12-13H,4,6H2,1-3H3/b7-5-,11-9+,12-8?.